The summed E-state index contributed by atoms with van der Waals surface area (Å²) < 4.78 is 6.16. The van der Waals surface area contributed by atoms with Crippen molar-refractivity contribution in [1.82, 2.24) is 0 Å². The van der Waals surface area contributed by atoms with Gasteiger partial charge in [0.05, 0.1) is 12.2 Å². The first-order chi connectivity index (χ1) is 11.0. The second kappa shape index (κ2) is 6.37. The molecule has 3 rings (SSSR count). The second-order valence-corrected chi connectivity index (χ2v) is 6.29. The molecule has 0 saturated heterocycles. The van der Waals surface area contributed by atoms with E-state index in [1.165, 1.54) is 16.7 Å². The van der Waals surface area contributed by atoms with Crippen molar-refractivity contribution in [1.29, 1.82) is 0 Å². The van der Waals surface area contributed by atoms with Crippen molar-refractivity contribution < 1.29 is 9.84 Å². The zero-order chi connectivity index (χ0) is 16.4. The first-order valence-electron chi connectivity index (χ1n) is 7.98. The highest BCUT2D eigenvalue weighted by molar-refractivity contribution is 5.63. The summed E-state index contributed by atoms with van der Waals surface area (Å²) in [5.41, 5.74) is 4.79. The zero-order valence-corrected chi connectivity index (χ0v) is 13.7. The Labute approximate surface area is 137 Å². The third-order valence-corrected chi connectivity index (χ3v) is 4.10. The Balaban J connectivity index is 1.85. The van der Waals surface area contributed by atoms with Crippen molar-refractivity contribution >= 4 is 5.69 Å². The Kier molecular flexibility index (Phi) is 4.28. The first-order valence-corrected chi connectivity index (χ1v) is 7.98. The van der Waals surface area contributed by atoms with Crippen LogP contribution in [0.15, 0.2) is 49.1 Å². The van der Waals surface area contributed by atoms with Crippen LogP contribution in [0.3, 0.4) is 0 Å². The predicted molar refractivity (Wildman–Crippen MR) is 94.6 cm³/mol. The topological polar surface area (TPSA) is 32.7 Å². The highest BCUT2D eigenvalue weighted by atomic mass is 16.5. The second-order valence-electron chi connectivity index (χ2n) is 6.29. The van der Waals surface area contributed by atoms with Crippen molar-refractivity contribution in [3.05, 3.63) is 65.7 Å². The standard InChI is InChI=1S/C20H23NO2/c1-4-7-21-13-18(11-16-9-14(2)8-15(3)10-16)23-20-6-5-17(22)12-19(20)21/h4-6,8-10,12,18,22H,1,7,11,13H2,2-3H3. The SMILES string of the molecule is C=CCN1CC(Cc2cc(C)cc(C)c2)Oc2ccc(O)cc21. The lowest BCUT2D eigenvalue weighted by atomic mass is 10.0. The molecule has 0 aliphatic carbocycles. The molecule has 0 aromatic heterocycles. The van der Waals surface area contributed by atoms with E-state index in [-0.39, 0.29) is 11.9 Å². The van der Waals surface area contributed by atoms with Gasteiger partial charge in [-0.3, -0.25) is 0 Å². The summed E-state index contributed by atoms with van der Waals surface area (Å²) in [6, 6.07) is 11.9. The van der Waals surface area contributed by atoms with Crippen LogP contribution in [0.5, 0.6) is 11.5 Å². The Hall–Kier alpha value is -2.42. The molecular weight excluding hydrogens is 286 g/mol. The van der Waals surface area contributed by atoms with Crippen LogP contribution in [0.4, 0.5) is 5.69 Å². The van der Waals surface area contributed by atoms with Crippen LogP contribution >= 0.6 is 0 Å². The number of phenols is 1. The first kappa shape index (κ1) is 15.5. The van der Waals surface area contributed by atoms with Crippen molar-refractivity contribution in [2.24, 2.45) is 0 Å². The minimum Gasteiger partial charge on any atom is -0.508 e. The number of phenolic OH excluding ortho intramolecular Hbond substituents is 1. The van der Waals surface area contributed by atoms with E-state index in [0.717, 1.165) is 30.9 Å². The summed E-state index contributed by atoms with van der Waals surface area (Å²) in [6.45, 7) is 9.61. The number of nitrogens with zero attached hydrogens (tertiary/aromatic N) is 1. The molecule has 2 aromatic rings. The van der Waals surface area contributed by atoms with Gasteiger partial charge in [0.15, 0.2) is 0 Å². The molecule has 1 unspecified atom stereocenters. The van der Waals surface area contributed by atoms with Crippen molar-refractivity contribution in [3.63, 3.8) is 0 Å². The lowest BCUT2D eigenvalue weighted by Crippen LogP contribution is -2.41. The summed E-state index contributed by atoms with van der Waals surface area (Å²) in [6.07, 6.45) is 2.84. The molecule has 0 saturated carbocycles. The molecule has 120 valence electrons. The molecule has 0 radical (unpaired) electrons. The molecule has 0 amide bonds. The zero-order valence-electron chi connectivity index (χ0n) is 13.7. The molecule has 2 aromatic carbocycles. The number of rotatable bonds is 4. The van der Waals surface area contributed by atoms with E-state index in [1.807, 2.05) is 12.1 Å². The van der Waals surface area contributed by atoms with E-state index in [9.17, 15) is 5.11 Å². The van der Waals surface area contributed by atoms with Gasteiger partial charge in [0.2, 0.25) is 0 Å². The molecule has 0 bridgehead atoms. The monoisotopic (exact) mass is 309 g/mol. The van der Waals surface area contributed by atoms with Gasteiger partial charge in [0.1, 0.15) is 17.6 Å². The van der Waals surface area contributed by atoms with E-state index in [2.05, 4.69) is 43.5 Å². The Morgan fingerprint density at radius 2 is 1.96 bits per heavy atom. The minimum atomic E-state index is 0.0909. The Morgan fingerprint density at radius 1 is 1.22 bits per heavy atom. The van der Waals surface area contributed by atoms with Crippen molar-refractivity contribution in [2.45, 2.75) is 26.4 Å². The number of aromatic hydroxyl groups is 1. The fourth-order valence-corrected chi connectivity index (χ4v) is 3.30. The number of hydrogen-bond donors (Lipinski definition) is 1. The van der Waals surface area contributed by atoms with Gasteiger partial charge in [0.25, 0.3) is 0 Å². The van der Waals surface area contributed by atoms with Gasteiger partial charge < -0.3 is 14.7 Å². The van der Waals surface area contributed by atoms with Gasteiger partial charge in [-0.05, 0) is 31.5 Å². The Bertz CT molecular complexity index is 703. The van der Waals surface area contributed by atoms with Crippen LogP contribution in [-0.4, -0.2) is 24.3 Å². The molecule has 1 heterocycles. The molecular formula is C20H23NO2. The fraction of sp³-hybridized carbons (Fsp3) is 0.300. The largest absolute Gasteiger partial charge is 0.508 e. The van der Waals surface area contributed by atoms with Crippen LogP contribution in [0.2, 0.25) is 0 Å². The number of aryl methyl sites for hydroxylation is 2. The van der Waals surface area contributed by atoms with Crippen LogP contribution in [0, 0.1) is 13.8 Å². The summed E-state index contributed by atoms with van der Waals surface area (Å²) in [5.74, 6) is 1.08. The number of fused-ring (bicyclic) bond motifs is 1. The number of ether oxygens (including phenoxy) is 1. The normalized spacial score (nSPS) is 16.6. The third kappa shape index (κ3) is 3.50. The molecule has 23 heavy (non-hydrogen) atoms. The summed E-state index contributed by atoms with van der Waals surface area (Å²) >= 11 is 0. The molecule has 0 fully saturated rings. The van der Waals surface area contributed by atoms with Crippen molar-refractivity contribution in [3.8, 4) is 11.5 Å². The molecule has 1 N–H and O–H groups in total. The number of anilines is 1. The van der Waals surface area contributed by atoms with E-state index in [0.29, 0.717) is 0 Å². The lowest BCUT2D eigenvalue weighted by molar-refractivity contribution is 0.194. The highest BCUT2D eigenvalue weighted by Gasteiger charge is 2.25. The fourth-order valence-electron chi connectivity index (χ4n) is 3.30. The van der Waals surface area contributed by atoms with Crippen LogP contribution < -0.4 is 9.64 Å². The van der Waals surface area contributed by atoms with Crippen LogP contribution in [-0.2, 0) is 6.42 Å². The number of hydrogen-bond acceptors (Lipinski definition) is 3. The number of benzene rings is 2. The smallest absolute Gasteiger partial charge is 0.143 e. The lowest BCUT2D eigenvalue weighted by Gasteiger charge is -2.36. The molecule has 1 aliphatic rings. The quantitative estimate of drug-likeness (QED) is 0.866. The van der Waals surface area contributed by atoms with E-state index in [1.54, 1.807) is 12.1 Å². The van der Waals surface area contributed by atoms with Crippen molar-refractivity contribution in [2.75, 3.05) is 18.0 Å². The molecule has 0 spiro atoms. The van der Waals surface area contributed by atoms with Gasteiger partial charge >= 0.3 is 0 Å². The predicted octanol–water partition coefficient (Wildman–Crippen LogP) is 4.01. The Morgan fingerprint density at radius 3 is 2.65 bits per heavy atom. The summed E-state index contributed by atoms with van der Waals surface area (Å²) in [4.78, 5) is 2.21. The third-order valence-electron chi connectivity index (χ3n) is 4.10. The molecule has 1 atom stereocenters. The van der Waals surface area contributed by atoms with Gasteiger partial charge in [-0.15, -0.1) is 6.58 Å². The molecule has 3 heteroatoms. The highest BCUT2D eigenvalue weighted by Crippen LogP contribution is 2.36. The van der Waals surface area contributed by atoms with Crippen LogP contribution in [0.1, 0.15) is 16.7 Å². The van der Waals surface area contributed by atoms with Crippen LogP contribution in [0.25, 0.3) is 0 Å². The van der Waals surface area contributed by atoms with E-state index < -0.39 is 0 Å². The molecule has 3 nitrogen and oxygen atoms in total. The van der Waals surface area contributed by atoms with E-state index in [4.69, 9.17) is 4.74 Å². The van der Waals surface area contributed by atoms with Gasteiger partial charge in [-0.25, -0.2) is 0 Å². The van der Waals surface area contributed by atoms with Gasteiger partial charge in [-0.2, -0.15) is 0 Å². The van der Waals surface area contributed by atoms with E-state index >= 15 is 0 Å². The average molecular weight is 309 g/mol. The van der Waals surface area contributed by atoms with Gasteiger partial charge in [0, 0.05) is 19.0 Å². The minimum absolute atomic E-state index is 0.0909. The maximum absolute atomic E-state index is 9.73. The van der Waals surface area contributed by atoms with Gasteiger partial charge in [-0.1, -0.05) is 35.4 Å². The molecule has 1 aliphatic heterocycles. The summed E-state index contributed by atoms with van der Waals surface area (Å²) in [5, 5.41) is 9.73. The maximum atomic E-state index is 9.73. The average Bonchev–Trinajstić information content (AvgIpc) is 2.47. The summed E-state index contributed by atoms with van der Waals surface area (Å²) in [7, 11) is 0. The maximum Gasteiger partial charge on any atom is 0.143 e.